The van der Waals surface area contributed by atoms with Crippen LogP contribution in [0.15, 0.2) is 24.3 Å². The fourth-order valence-electron chi connectivity index (χ4n) is 2.68. The minimum Gasteiger partial charge on any atom is -0.399 e. The molecule has 2 amide bonds. The highest BCUT2D eigenvalue weighted by molar-refractivity contribution is 5.96. The molecule has 1 fully saturated rings. The average molecular weight is 289 g/mol. The fraction of sp³-hybridized carbons (Fsp3) is 0.500. The van der Waals surface area contributed by atoms with Crippen molar-refractivity contribution in [1.82, 2.24) is 10.6 Å². The summed E-state index contributed by atoms with van der Waals surface area (Å²) < 4.78 is 0. The van der Waals surface area contributed by atoms with Crippen molar-refractivity contribution in [2.24, 2.45) is 5.41 Å². The van der Waals surface area contributed by atoms with Crippen LogP contribution in [0.3, 0.4) is 0 Å². The maximum Gasteiger partial charge on any atom is 0.251 e. The van der Waals surface area contributed by atoms with Gasteiger partial charge in [0.1, 0.15) is 0 Å². The third kappa shape index (κ3) is 4.48. The highest BCUT2D eigenvalue weighted by Gasteiger charge is 2.28. The van der Waals surface area contributed by atoms with Gasteiger partial charge in [0.05, 0.1) is 6.54 Å². The van der Waals surface area contributed by atoms with Gasteiger partial charge in [-0.1, -0.05) is 19.8 Å². The van der Waals surface area contributed by atoms with Crippen LogP contribution in [0.25, 0.3) is 0 Å². The quantitative estimate of drug-likeness (QED) is 0.721. The van der Waals surface area contributed by atoms with Gasteiger partial charge < -0.3 is 16.4 Å². The lowest BCUT2D eigenvalue weighted by molar-refractivity contribution is -0.120. The lowest BCUT2D eigenvalue weighted by Gasteiger charge is -2.23. The summed E-state index contributed by atoms with van der Waals surface area (Å²) in [4.78, 5) is 23.6. The van der Waals surface area contributed by atoms with E-state index in [2.05, 4.69) is 17.6 Å². The second-order valence-electron chi connectivity index (χ2n) is 6.10. The Labute approximate surface area is 125 Å². The van der Waals surface area contributed by atoms with Crippen LogP contribution in [-0.4, -0.2) is 24.9 Å². The standard InChI is InChI=1S/C16H23N3O2/c1-16(8-2-3-9-16)11-19-14(20)10-18-15(21)12-4-6-13(17)7-5-12/h4-7H,2-3,8-11,17H2,1H3,(H,18,21)(H,19,20). The van der Waals surface area contributed by atoms with E-state index in [1.165, 1.54) is 12.8 Å². The molecule has 0 spiro atoms. The predicted molar refractivity (Wildman–Crippen MR) is 82.8 cm³/mol. The Bertz CT molecular complexity index is 505. The summed E-state index contributed by atoms with van der Waals surface area (Å²) in [6, 6.07) is 6.61. The number of rotatable bonds is 5. The van der Waals surface area contributed by atoms with E-state index < -0.39 is 0 Å². The molecule has 0 unspecified atom stereocenters. The van der Waals surface area contributed by atoms with Crippen molar-refractivity contribution in [2.75, 3.05) is 18.8 Å². The van der Waals surface area contributed by atoms with E-state index in [9.17, 15) is 9.59 Å². The van der Waals surface area contributed by atoms with Crippen LogP contribution in [0.4, 0.5) is 5.69 Å². The number of hydrogen-bond acceptors (Lipinski definition) is 3. The van der Waals surface area contributed by atoms with Crippen LogP contribution in [0.2, 0.25) is 0 Å². The van der Waals surface area contributed by atoms with Crippen LogP contribution in [-0.2, 0) is 4.79 Å². The molecule has 0 atom stereocenters. The molecule has 5 heteroatoms. The molecule has 0 bridgehead atoms. The van der Waals surface area contributed by atoms with Gasteiger partial charge in [0.25, 0.3) is 5.91 Å². The van der Waals surface area contributed by atoms with Gasteiger partial charge >= 0.3 is 0 Å². The van der Waals surface area contributed by atoms with Crippen molar-refractivity contribution >= 4 is 17.5 Å². The molecule has 2 rings (SSSR count). The first kappa shape index (κ1) is 15.4. The zero-order valence-corrected chi connectivity index (χ0v) is 12.4. The minimum absolute atomic E-state index is 0.000705. The molecule has 0 radical (unpaired) electrons. The molecule has 1 saturated carbocycles. The molecule has 0 aromatic heterocycles. The van der Waals surface area contributed by atoms with Gasteiger partial charge in [-0.05, 0) is 42.5 Å². The normalized spacial score (nSPS) is 16.4. The van der Waals surface area contributed by atoms with Gasteiger partial charge in [0.2, 0.25) is 5.91 Å². The summed E-state index contributed by atoms with van der Waals surface area (Å²) in [6.45, 7) is 2.89. The summed E-state index contributed by atoms with van der Waals surface area (Å²) in [5, 5.41) is 5.52. The van der Waals surface area contributed by atoms with Gasteiger partial charge in [0, 0.05) is 17.8 Å². The summed E-state index contributed by atoms with van der Waals surface area (Å²) >= 11 is 0. The van der Waals surface area contributed by atoms with E-state index >= 15 is 0 Å². The van der Waals surface area contributed by atoms with Gasteiger partial charge in [-0.3, -0.25) is 9.59 Å². The summed E-state index contributed by atoms with van der Waals surface area (Å²) in [6.07, 6.45) is 4.79. The molecule has 1 aromatic carbocycles. The minimum atomic E-state index is -0.266. The average Bonchev–Trinajstić information content (AvgIpc) is 2.91. The molecule has 0 aliphatic heterocycles. The predicted octanol–water partition coefficient (Wildman–Crippen LogP) is 1.70. The zero-order chi connectivity index (χ0) is 15.3. The monoisotopic (exact) mass is 289 g/mol. The highest BCUT2D eigenvalue weighted by atomic mass is 16.2. The number of benzene rings is 1. The molecular weight excluding hydrogens is 266 g/mol. The Hall–Kier alpha value is -2.04. The molecular formula is C16H23N3O2. The molecule has 0 heterocycles. The Balaban J connectivity index is 1.73. The van der Waals surface area contributed by atoms with Crippen LogP contribution >= 0.6 is 0 Å². The zero-order valence-electron chi connectivity index (χ0n) is 12.4. The largest absolute Gasteiger partial charge is 0.399 e. The third-order valence-corrected chi connectivity index (χ3v) is 4.11. The summed E-state index contributed by atoms with van der Waals surface area (Å²) in [5.41, 5.74) is 6.89. The second-order valence-corrected chi connectivity index (χ2v) is 6.10. The molecule has 5 nitrogen and oxygen atoms in total. The maximum atomic E-state index is 11.9. The van der Waals surface area contributed by atoms with Crippen molar-refractivity contribution in [1.29, 1.82) is 0 Å². The smallest absolute Gasteiger partial charge is 0.251 e. The van der Waals surface area contributed by atoms with Crippen LogP contribution in [0.1, 0.15) is 43.0 Å². The number of amides is 2. The summed E-state index contributed by atoms with van der Waals surface area (Å²) in [7, 11) is 0. The van der Waals surface area contributed by atoms with Crippen molar-refractivity contribution in [3.8, 4) is 0 Å². The Morgan fingerprint density at radius 2 is 1.76 bits per heavy atom. The number of nitrogen functional groups attached to an aromatic ring is 1. The molecule has 21 heavy (non-hydrogen) atoms. The van der Waals surface area contributed by atoms with Gasteiger partial charge in [-0.15, -0.1) is 0 Å². The first-order valence-electron chi connectivity index (χ1n) is 7.39. The molecule has 4 N–H and O–H groups in total. The van der Waals surface area contributed by atoms with Crippen molar-refractivity contribution in [2.45, 2.75) is 32.6 Å². The van der Waals surface area contributed by atoms with E-state index in [-0.39, 0.29) is 23.8 Å². The van der Waals surface area contributed by atoms with Crippen LogP contribution < -0.4 is 16.4 Å². The van der Waals surface area contributed by atoms with E-state index in [1.807, 2.05) is 0 Å². The van der Waals surface area contributed by atoms with Gasteiger partial charge in [-0.2, -0.15) is 0 Å². The van der Waals surface area contributed by atoms with Crippen LogP contribution in [0.5, 0.6) is 0 Å². The lowest BCUT2D eigenvalue weighted by atomic mass is 9.89. The van der Waals surface area contributed by atoms with Gasteiger partial charge in [0.15, 0.2) is 0 Å². The first-order chi connectivity index (χ1) is 9.98. The van der Waals surface area contributed by atoms with E-state index in [0.29, 0.717) is 17.8 Å². The van der Waals surface area contributed by atoms with E-state index in [0.717, 1.165) is 12.8 Å². The maximum absolute atomic E-state index is 11.9. The molecule has 0 saturated heterocycles. The summed E-state index contributed by atoms with van der Waals surface area (Å²) in [5.74, 6) is -0.413. The number of nitrogens with one attached hydrogen (secondary N) is 2. The molecule has 1 aromatic rings. The lowest BCUT2D eigenvalue weighted by Crippen LogP contribution is -2.40. The number of hydrogen-bond donors (Lipinski definition) is 3. The van der Waals surface area contributed by atoms with Crippen molar-refractivity contribution < 1.29 is 9.59 Å². The van der Waals surface area contributed by atoms with Crippen molar-refractivity contribution in [3.63, 3.8) is 0 Å². The van der Waals surface area contributed by atoms with Gasteiger partial charge in [-0.25, -0.2) is 0 Å². The number of nitrogens with two attached hydrogens (primary N) is 1. The van der Waals surface area contributed by atoms with Crippen LogP contribution in [0, 0.1) is 5.41 Å². The molecule has 1 aliphatic rings. The molecule has 114 valence electrons. The number of anilines is 1. The molecule has 1 aliphatic carbocycles. The Morgan fingerprint density at radius 1 is 1.14 bits per heavy atom. The highest BCUT2D eigenvalue weighted by Crippen LogP contribution is 2.36. The number of carbonyl (C=O) groups excluding carboxylic acids is 2. The van der Waals surface area contributed by atoms with Crippen molar-refractivity contribution in [3.05, 3.63) is 29.8 Å². The van der Waals surface area contributed by atoms with E-state index in [1.54, 1.807) is 24.3 Å². The topological polar surface area (TPSA) is 84.2 Å². The Kier molecular flexibility index (Phi) is 4.83. The first-order valence-corrected chi connectivity index (χ1v) is 7.39. The SMILES string of the molecule is CC1(CNC(=O)CNC(=O)c2ccc(N)cc2)CCCC1. The third-order valence-electron chi connectivity index (χ3n) is 4.11. The van der Waals surface area contributed by atoms with E-state index in [4.69, 9.17) is 5.73 Å². The fourth-order valence-corrected chi connectivity index (χ4v) is 2.68. The second kappa shape index (κ2) is 6.61. The number of carbonyl (C=O) groups is 2. The Morgan fingerprint density at radius 3 is 2.38 bits per heavy atom.